The van der Waals surface area contributed by atoms with E-state index in [0.29, 0.717) is 31.2 Å². The summed E-state index contributed by atoms with van der Waals surface area (Å²) in [5, 5.41) is 2.98. The van der Waals surface area contributed by atoms with E-state index >= 15 is 0 Å². The van der Waals surface area contributed by atoms with Crippen LogP contribution in [0.3, 0.4) is 0 Å². The Hall–Kier alpha value is -2.51. The van der Waals surface area contributed by atoms with E-state index in [1.165, 1.54) is 12.1 Å². The number of amides is 3. The molecular formula is C18H20ClN3O4. The highest BCUT2D eigenvalue weighted by Gasteiger charge is 2.31. The molecular weight excluding hydrogens is 358 g/mol. The number of rotatable bonds is 4. The topological polar surface area (TPSA) is 97.8 Å². The summed E-state index contributed by atoms with van der Waals surface area (Å²) in [6.45, 7) is 3.26. The summed E-state index contributed by atoms with van der Waals surface area (Å²) in [4.78, 5) is 25.7. The molecule has 8 heteroatoms. The van der Waals surface area contributed by atoms with Gasteiger partial charge in [0.15, 0.2) is 0 Å². The zero-order valence-electron chi connectivity index (χ0n) is 14.3. The Morgan fingerprint density at radius 1 is 1.35 bits per heavy atom. The van der Waals surface area contributed by atoms with Gasteiger partial charge >= 0.3 is 6.03 Å². The average molecular weight is 378 g/mol. The van der Waals surface area contributed by atoms with Crippen LogP contribution in [0.15, 0.2) is 34.7 Å². The van der Waals surface area contributed by atoms with Crippen molar-refractivity contribution in [2.24, 2.45) is 5.73 Å². The zero-order valence-corrected chi connectivity index (χ0v) is 15.1. The summed E-state index contributed by atoms with van der Waals surface area (Å²) in [7, 11) is 0. The number of hydrogen-bond donors (Lipinski definition) is 2. The van der Waals surface area contributed by atoms with Gasteiger partial charge < -0.3 is 25.1 Å². The molecule has 2 heterocycles. The fraction of sp³-hybridized carbons (Fsp3) is 0.333. The highest BCUT2D eigenvalue weighted by Crippen LogP contribution is 2.27. The number of nitrogens with two attached hydrogens (primary N) is 1. The van der Waals surface area contributed by atoms with Gasteiger partial charge in [-0.05, 0) is 30.3 Å². The van der Waals surface area contributed by atoms with Crippen LogP contribution < -0.4 is 11.1 Å². The van der Waals surface area contributed by atoms with Crippen molar-refractivity contribution < 1.29 is 18.7 Å². The smallest absolute Gasteiger partial charge is 0.322 e. The Morgan fingerprint density at radius 3 is 2.81 bits per heavy atom. The van der Waals surface area contributed by atoms with Crippen molar-refractivity contribution in [1.29, 1.82) is 0 Å². The van der Waals surface area contributed by atoms with Crippen LogP contribution in [-0.4, -0.2) is 36.6 Å². The number of carbonyl (C=O) groups excluding carboxylic acids is 2. The van der Waals surface area contributed by atoms with Gasteiger partial charge in [0, 0.05) is 18.7 Å². The molecule has 1 fully saturated rings. The number of nitrogens with zero attached hydrogens (tertiary/aromatic N) is 1. The minimum absolute atomic E-state index is 0.187. The number of primary amides is 1. The van der Waals surface area contributed by atoms with Gasteiger partial charge in [-0.15, -0.1) is 0 Å². The SMILES string of the molecule is CCc1ccc([C@@H]2COCCN2C(=O)Nc2ccc(C(N)=O)c(Cl)c2)o1. The molecule has 138 valence electrons. The summed E-state index contributed by atoms with van der Waals surface area (Å²) < 4.78 is 11.3. The van der Waals surface area contributed by atoms with Crippen molar-refractivity contribution in [2.45, 2.75) is 19.4 Å². The summed E-state index contributed by atoms with van der Waals surface area (Å²) in [5.41, 5.74) is 5.92. The minimum atomic E-state index is -0.620. The number of ether oxygens (including phenoxy) is 1. The number of carbonyl (C=O) groups is 2. The van der Waals surface area contributed by atoms with Crippen LogP contribution in [0, 0.1) is 0 Å². The van der Waals surface area contributed by atoms with Crippen LogP contribution in [0.1, 0.15) is 34.8 Å². The summed E-state index contributed by atoms with van der Waals surface area (Å²) in [5.74, 6) is 0.934. The number of aryl methyl sites for hydroxylation is 1. The Balaban J connectivity index is 1.76. The van der Waals surface area contributed by atoms with E-state index in [1.54, 1.807) is 11.0 Å². The average Bonchev–Trinajstić information content (AvgIpc) is 3.10. The Bertz CT molecular complexity index is 821. The molecule has 1 aromatic carbocycles. The lowest BCUT2D eigenvalue weighted by atomic mass is 10.1. The van der Waals surface area contributed by atoms with E-state index in [1.807, 2.05) is 19.1 Å². The lowest BCUT2D eigenvalue weighted by Gasteiger charge is -2.34. The molecule has 0 spiro atoms. The Kier molecular flexibility index (Phi) is 5.49. The molecule has 2 aromatic rings. The number of nitrogens with one attached hydrogen (secondary N) is 1. The standard InChI is InChI=1S/C18H20ClN3O4/c1-2-12-4-6-16(26-12)15-10-25-8-7-22(15)18(24)21-11-3-5-13(17(20)23)14(19)9-11/h3-6,9,15H,2,7-8,10H2,1H3,(H2,20,23)(H,21,24)/t15-/m0/s1. The molecule has 3 rings (SSSR count). The predicted molar refractivity (Wildman–Crippen MR) is 97.3 cm³/mol. The fourth-order valence-electron chi connectivity index (χ4n) is 2.83. The van der Waals surface area contributed by atoms with Gasteiger partial charge in [0.2, 0.25) is 5.91 Å². The number of anilines is 1. The summed E-state index contributed by atoms with van der Waals surface area (Å²) in [6.07, 6.45) is 0.782. The maximum atomic E-state index is 12.7. The van der Waals surface area contributed by atoms with Crippen LogP contribution in [0.25, 0.3) is 0 Å². The van der Waals surface area contributed by atoms with Crippen molar-refractivity contribution >= 4 is 29.2 Å². The molecule has 1 aliphatic rings. The highest BCUT2D eigenvalue weighted by atomic mass is 35.5. The van der Waals surface area contributed by atoms with Crippen LogP contribution in [-0.2, 0) is 11.2 Å². The third kappa shape index (κ3) is 3.84. The normalized spacial score (nSPS) is 17.2. The number of furan rings is 1. The first-order chi connectivity index (χ1) is 12.5. The lowest BCUT2D eigenvalue weighted by Crippen LogP contribution is -2.45. The van der Waals surface area contributed by atoms with E-state index in [0.717, 1.165) is 12.2 Å². The monoisotopic (exact) mass is 377 g/mol. The number of hydrogen-bond acceptors (Lipinski definition) is 4. The third-order valence-corrected chi connectivity index (χ3v) is 4.55. The predicted octanol–water partition coefficient (Wildman–Crippen LogP) is 3.20. The summed E-state index contributed by atoms with van der Waals surface area (Å²) >= 11 is 6.04. The van der Waals surface area contributed by atoms with Crippen molar-refractivity contribution in [3.63, 3.8) is 0 Å². The Labute approximate surface area is 156 Å². The molecule has 0 saturated carbocycles. The number of morpholine rings is 1. The molecule has 7 nitrogen and oxygen atoms in total. The summed E-state index contributed by atoms with van der Waals surface area (Å²) in [6, 6.07) is 7.75. The minimum Gasteiger partial charge on any atom is -0.464 e. The molecule has 0 aliphatic carbocycles. The second-order valence-corrected chi connectivity index (χ2v) is 6.34. The molecule has 3 amide bonds. The van der Waals surface area contributed by atoms with Crippen LogP contribution in [0.4, 0.5) is 10.5 Å². The second kappa shape index (κ2) is 7.80. The van der Waals surface area contributed by atoms with Crippen molar-refractivity contribution in [2.75, 3.05) is 25.1 Å². The van der Waals surface area contributed by atoms with Gasteiger partial charge in [0.05, 0.1) is 23.8 Å². The third-order valence-electron chi connectivity index (χ3n) is 4.23. The van der Waals surface area contributed by atoms with Crippen LogP contribution in [0.2, 0.25) is 5.02 Å². The molecule has 1 saturated heterocycles. The van der Waals surface area contributed by atoms with Crippen molar-refractivity contribution in [3.05, 3.63) is 52.4 Å². The van der Waals surface area contributed by atoms with Gasteiger partial charge in [-0.2, -0.15) is 0 Å². The molecule has 1 aliphatic heterocycles. The molecule has 0 bridgehead atoms. The van der Waals surface area contributed by atoms with E-state index < -0.39 is 5.91 Å². The van der Waals surface area contributed by atoms with Gasteiger partial charge in [-0.1, -0.05) is 18.5 Å². The zero-order chi connectivity index (χ0) is 18.7. The fourth-order valence-corrected chi connectivity index (χ4v) is 3.11. The quantitative estimate of drug-likeness (QED) is 0.854. The molecule has 0 radical (unpaired) electrons. The van der Waals surface area contributed by atoms with E-state index in [9.17, 15) is 9.59 Å². The molecule has 0 unspecified atom stereocenters. The van der Waals surface area contributed by atoms with Crippen LogP contribution in [0.5, 0.6) is 0 Å². The van der Waals surface area contributed by atoms with Gasteiger partial charge in [-0.3, -0.25) is 4.79 Å². The van der Waals surface area contributed by atoms with Crippen LogP contribution >= 0.6 is 11.6 Å². The largest absolute Gasteiger partial charge is 0.464 e. The van der Waals surface area contributed by atoms with Crippen molar-refractivity contribution in [3.8, 4) is 0 Å². The molecule has 1 aromatic heterocycles. The van der Waals surface area contributed by atoms with E-state index in [2.05, 4.69) is 5.32 Å². The number of benzene rings is 1. The lowest BCUT2D eigenvalue weighted by molar-refractivity contribution is 0.00702. The maximum absolute atomic E-state index is 12.7. The number of halogens is 1. The molecule has 26 heavy (non-hydrogen) atoms. The first kappa shape index (κ1) is 18.3. The maximum Gasteiger partial charge on any atom is 0.322 e. The molecule has 3 N–H and O–H groups in total. The first-order valence-corrected chi connectivity index (χ1v) is 8.70. The Morgan fingerprint density at radius 2 is 2.15 bits per heavy atom. The molecule has 1 atom stereocenters. The van der Waals surface area contributed by atoms with E-state index in [-0.39, 0.29) is 22.7 Å². The second-order valence-electron chi connectivity index (χ2n) is 5.93. The van der Waals surface area contributed by atoms with E-state index in [4.69, 9.17) is 26.5 Å². The van der Waals surface area contributed by atoms with Gasteiger partial charge in [0.25, 0.3) is 0 Å². The van der Waals surface area contributed by atoms with Gasteiger partial charge in [0.1, 0.15) is 17.6 Å². The highest BCUT2D eigenvalue weighted by molar-refractivity contribution is 6.34. The van der Waals surface area contributed by atoms with Crippen molar-refractivity contribution in [1.82, 2.24) is 4.90 Å². The number of urea groups is 1. The van der Waals surface area contributed by atoms with Gasteiger partial charge in [-0.25, -0.2) is 4.79 Å². The first-order valence-electron chi connectivity index (χ1n) is 8.33.